The topological polar surface area (TPSA) is 102 Å². The molecule has 0 radical (unpaired) electrons. The van der Waals surface area contributed by atoms with Gasteiger partial charge in [0.05, 0.1) is 17.7 Å². The number of imide groups is 1. The molecule has 7 aliphatic rings. The molecule has 46 heavy (non-hydrogen) atoms. The van der Waals surface area contributed by atoms with Gasteiger partial charge < -0.3 is 14.4 Å². The van der Waals surface area contributed by atoms with Gasteiger partial charge in [0.15, 0.2) is 0 Å². The van der Waals surface area contributed by atoms with Crippen LogP contribution >= 0.6 is 0 Å². The van der Waals surface area contributed by atoms with Crippen LogP contribution < -0.4 is 0 Å². The monoisotopic (exact) mass is 648 g/mol. The Kier molecular flexibility index (Phi) is 7.45. The molecule has 3 amide bonds. The third-order valence-electron chi connectivity index (χ3n) is 12.9. The first-order chi connectivity index (χ1) is 21.6. The van der Waals surface area contributed by atoms with Gasteiger partial charge in [-0.3, -0.25) is 19.2 Å². The van der Waals surface area contributed by atoms with Crippen molar-refractivity contribution in [2.24, 2.45) is 35.0 Å². The smallest absolute Gasteiger partial charge is 0.429 e. The molecule has 4 aliphatic carbocycles. The summed E-state index contributed by atoms with van der Waals surface area (Å²) < 4.78 is 53.4. The van der Waals surface area contributed by atoms with Crippen LogP contribution in [-0.2, 0) is 28.7 Å². The van der Waals surface area contributed by atoms with E-state index in [1.807, 2.05) is 13.8 Å². The van der Waals surface area contributed by atoms with Crippen molar-refractivity contribution >= 4 is 23.9 Å². The number of allylic oxidation sites excluding steroid dienone is 2. The number of hydrogen-bond acceptors (Lipinski definition) is 7. The van der Waals surface area contributed by atoms with E-state index in [0.29, 0.717) is 42.1 Å². The van der Waals surface area contributed by atoms with Gasteiger partial charge in [-0.15, -0.1) is 0 Å². The number of ether oxygens (including phenoxy) is 2. The minimum Gasteiger partial charge on any atom is -0.429 e. The van der Waals surface area contributed by atoms with Crippen molar-refractivity contribution in [3.05, 3.63) is 22.8 Å². The Balaban J connectivity index is 1.08. The van der Waals surface area contributed by atoms with Crippen molar-refractivity contribution in [2.45, 2.75) is 122 Å². The number of amides is 3. The van der Waals surface area contributed by atoms with Gasteiger partial charge >= 0.3 is 18.2 Å². The second kappa shape index (κ2) is 10.8. The third kappa shape index (κ3) is 4.74. The number of alkyl halides is 3. The molecule has 2 saturated carbocycles. The maximum Gasteiger partial charge on any atom is 0.534 e. The second-order valence-electron chi connectivity index (χ2n) is 15.2. The molecule has 5 fully saturated rings. The number of nitrogens with zero attached hydrogens (tertiary/aromatic N) is 2. The highest BCUT2D eigenvalue weighted by molar-refractivity contribution is 6.01. The van der Waals surface area contributed by atoms with Gasteiger partial charge in [0.2, 0.25) is 0 Å². The third-order valence-corrected chi connectivity index (χ3v) is 12.9. The number of fused-ring (bicyclic) bond motifs is 6. The molecule has 0 bridgehead atoms. The summed E-state index contributed by atoms with van der Waals surface area (Å²) in [5.74, 6) is -1.97. The van der Waals surface area contributed by atoms with Crippen LogP contribution in [-0.4, -0.2) is 70.4 Å². The van der Waals surface area contributed by atoms with Crippen LogP contribution in [0.15, 0.2) is 22.8 Å². The van der Waals surface area contributed by atoms with Crippen LogP contribution in [0.2, 0.25) is 0 Å². The molecule has 3 aliphatic heterocycles. The Labute approximate surface area is 266 Å². The predicted molar refractivity (Wildman–Crippen MR) is 156 cm³/mol. The summed E-state index contributed by atoms with van der Waals surface area (Å²) in [5, 5.41) is 0.499. The van der Waals surface area contributed by atoms with Crippen molar-refractivity contribution in [1.82, 2.24) is 9.96 Å². The molecule has 10 atom stereocenters. The quantitative estimate of drug-likeness (QED) is 0.205. The van der Waals surface area contributed by atoms with E-state index in [1.165, 1.54) is 11.1 Å². The lowest BCUT2D eigenvalue weighted by Crippen LogP contribution is -2.57. The number of halogens is 3. The summed E-state index contributed by atoms with van der Waals surface area (Å²) in [6, 6.07) is -0.601. The SMILES string of the molecule is CC1=C2C[C@H]3[C@@H](CC=C4C[C@@H](OC(=O)ON5C(=O)CCC5=O)CC[C@@]43C)[C@@H]2CCC12O[C@@H]1C[C@H](C)CN(C(=O)C(F)(F)F)[C@H]1[C@H]2C. The number of hydrogen-bond donors (Lipinski definition) is 0. The van der Waals surface area contributed by atoms with Crippen LogP contribution in [0.5, 0.6) is 0 Å². The molecular formula is C34H43F3N2O7. The largest absolute Gasteiger partial charge is 0.534 e. The highest BCUT2D eigenvalue weighted by atomic mass is 19.4. The number of rotatable bonds is 2. The Bertz CT molecular complexity index is 1410. The second-order valence-corrected chi connectivity index (χ2v) is 15.2. The summed E-state index contributed by atoms with van der Waals surface area (Å²) in [6.07, 6.45) is 1.65. The van der Waals surface area contributed by atoms with Gasteiger partial charge in [0, 0.05) is 31.7 Å². The molecule has 7 rings (SSSR count). The van der Waals surface area contributed by atoms with E-state index in [1.54, 1.807) is 0 Å². The van der Waals surface area contributed by atoms with Crippen LogP contribution in [0, 0.1) is 35.0 Å². The summed E-state index contributed by atoms with van der Waals surface area (Å²) in [4.78, 5) is 54.7. The lowest BCUT2D eigenvalue weighted by molar-refractivity contribution is -0.192. The lowest BCUT2D eigenvalue weighted by atomic mass is 9.56. The number of hydroxylamine groups is 2. The number of carbonyl (C=O) groups excluding carboxylic acids is 4. The molecule has 3 saturated heterocycles. The molecular weight excluding hydrogens is 605 g/mol. The molecule has 9 nitrogen and oxygen atoms in total. The average molecular weight is 649 g/mol. The van der Waals surface area contributed by atoms with Gasteiger partial charge in [0.1, 0.15) is 6.10 Å². The molecule has 3 heterocycles. The van der Waals surface area contributed by atoms with Gasteiger partial charge in [0.25, 0.3) is 11.8 Å². The fraction of sp³-hybridized carbons (Fsp3) is 0.765. The minimum absolute atomic E-state index is 0.0168. The maximum atomic E-state index is 13.7. The molecule has 0 aromatic heterocycles. The molecule has 0 N–H and O–H groups in total. The highest BCUT2D eigenvalue weighted by Crippen LogP contribution is 2.65. The van der Waals surface area contributed by atoms with Gasteiger partial charge in [-0.2, -0.15) is 13.2 Å². The zero-order valence-electron chi connectivity index (χ0n) is 26.9. The van der Waals surface area contributed by atoms with E-state index in [-0.39, 0.29) is 36.6 Å². The van der Waals surface area contributed by atoms with E-state index >= 15 is 0 Å². The first-order valence-electron chi connectivity index (χ1n) is 16.8. The molecule has 0 aromatic carbocycles. The van der Waals surface area contributed by atoms with E-state index in [2.05, 4.69) is 19.9 Å². The zero-order chi connectivity index (χ0) is 32.9. The molecule has 12 heteroatoms. The van der Waals surface area contributed by atoms with Crippen molar-refractivity contribution < 1.29 is 46.7 Å². The highest BCUT2D eigenvalue weighted by Gasteiger charge is 2.63. The standard InChI is InChI=1S/C34H43F3N2O7/c1-17-13-26-29(38(16-17)30(42)34(35,36)37)19(3)33(45-26)12-10-22-23-6-5-20-14-21(44-31(43)46-39-27(40)7-8-28(39)41)9-11-32(20,4)25(23)15-24(22)18(33)2/h5,17,19,21-23,25-26,29H,6-16H2,1-4H3/t17-,19+,21-,22-,23-,25-,26+,29-,32-,33?/m0/s1. The van der Waals surface area contributed by atoms with Crippen LogP contribution in [0.1, 0.15) is 91.9 Å². The Morgan fingerprint density at radius 3 is 2.48 bits per heavy atom. The summed E-state index contributed by atoms with van der Waals surface area (Å²) in [6.45, 7) is 8.38. The fourth-order valence-corrected chi connectivity index (χ4v) is 10.7. The first-order valence-corrected chi connectivity index (χ1v) is 16.8. The van der Waals surface area contributed by atoms with E-state index < -0.39 is 53.9 Å². The molecule has 0 aromatic rings. The number of likely N-dealkylation sites (tertiary alicyclic amines) is 1. The maximum absolute atomic E-state index is 13.7. The van der Waals surface area contributed by atoms with Crippen LogP contribution in [0.3, 0.4) is 0 Å². The lowest BCUT2D eigenvalue weighted by Gasteiger charge is -2.49. The zero-order valence-corrected chi connectivity index (χ0v) is 26.9. The van der Waals surface area contributed by atoms with E-state index in [4.69, 9.17) is 14.3 Å². The summed E-state index contributed by atoms with van der Waals surface area (Å²) in [5.41, 5.74) is 3.02. The predicted octanol–water partition coefficient (Wildman–Crippen LogP) is 6.03. The van der Waals surface area contributed by atoms with Gasteiger partial charge in [-0.25, -0.2) is 4.79 Å². The molecule has 252 valence electrons. The van der Waals surface area contributed by atoms with Crippen molar-refractivity contribution in [3.63, 3.8) is 0 Å². The first kappa shape index (κ1) is 31.7. The number of carbonyl (C=O) groups is 4. The van der Waals surface area contributed by atoms with Gasteiger partial charge in [-0.1, -0.05) is 43.1 Å². The Hall–Kier alpha value is -2.89. The average Bonchev–Trinajstić information content (AvgIpc) is 3.62. The van der Waals surface area contributed by atoms with Crippen LogP contribution in [0.25, 0.3) is 0 Å². The van der Waals surface area contributed by atoms with Crippen molar-refractivity contribution in [1.29, 1.82) is 0 Å². The van der Waals surface area contributed by atoms with Crippen LogP contribution in [0.4, 0.5) is 18.0 Å². The number of piperidine rings is 1. The van der Waals surface area contributed by atoms with Crippen molar-refractivity contribution in [3.8, 4) is 0 Å². The van der Waals surface area contributed by atoms with E-state index in [9.17, 15) is 32.3 Å². The molecule has 1 unspecified atom stereocenters. The normalized spacial score (nSPS) is 42.0. The fourth-order valence-electron chi connectivity index (χ4n) is 10.7. The summed E-state index contributed by atoms with van der Waals surface area (Å²) >= 11 is 0. The Morgan fingerprint density at radius 2 is 1.78 bits per heavy atom. The summed E-state index contributed by atoms with van der Waals surface area (Å²) in [7, 11) is 0. The Morgan fingerprint density at radius 1 is 1.07 bits per heavy atom. The van der Waals surface area contributed by atoms with Gasteiger partial charge in [-0.05, 0) is 86.5 Å². The minimum atomic E-state index is -4.92. The van der Waals surface area contributed by atoms with Crippen molar-refractivity contribution in [2.75, 3.05) is 6.54 Å². The van der Waals surface area contributed by atoms with E-state index in [0.717, 1.165) is 42.6 Å². The molecule has 1 spiro atoms.